The Morgan fingerprint density at radius 2 is 2.00 bits per heavy atom. The molecule has 0 saturated carbocycles. The van der Waals surface area contributed by atoms with Crippen LogP contribution in [0.5, 0.6) is 5.75 Å². The van der Waals surface area contributed by atoms with Crippen molar-refractivity contribution in [1.29, 1.82) is 0 Å². The van der Waals surface area contributed by atoms with Gasteiger partial charge in [0.05, 0.1) is 16.5 Å². The Hall–Kier alpha value is -1.75. The van der Waals surface area contributed by atoms with Crippen LogP contribution in [0.4, 0.5) is 0 Å². The zero-order valence-electron chi connectivity index (χ0n) is 13.3. The molecule has 0 spiro atoms. The van der Waals surface area contributed by atoms with Crippen LogP contribution in [0.15, 0.2) is 42.5 Å². The number of hydrogen-bond donors (Lipinski definition) is 2. The molecule has 128 valence electrons. The highest BCUT2D eigenvalue weighted by molar-refractivity contribution is 6.42. The van der Waals surface area contributed by atoms with E-state index < -0.39 is 6.10 Å². The molecule has 0 saturated heterocycles. The molecule has 2 aromatic carbocycles. The first kappa shape index (κ1) is 18.6. The van der Waals surface area contributed by atoms with Gasteiger partial charge >= 0.3 is 0 Å². The lowest BCUT2D eigenvalue weighted by atomic mass is 10.1. The fraction of sp³-hybridized carbons (Fsp3) is 0.278. The van der Waals surface area contributed by atoms with Crippen LogP contribution in [0.3, 0.4) is 0 Å². The number of rotatable bonds is 7. The van der Waals surface area contributed by atoms with E-state index in [2.05, 4.69) is 5.32 Å². The van der Waals surface area contributed by atoms with Crippen LogP contribution in [0.25, 0.3) is 0 Å². The van der Waals surface area contributed by atoms with Gasteiger partial charge in [-0.15, -0.1) is 0 Å². The smallest absolute Gasteiger partial charge is 0.224 e. The van der Waals surface area contributed by atoms with Crippen LogP contribution in [-0.4, -0.2) is 30.3 Å². The van der Waals surface area contributed by atoms with Crippen molar-refractivity contribution in [2.24, 2.45) is 0 Å². The highest BCUT2D eigenvalue weighted by Gasteiger charge is 2.10. The molecule has 0 bridgehead atoms. The number of hydrogen-bond acceptors (Lipinski definition) is 3. The van der Waals surface area contributed by atoms with Gasteiger partial charge in [0.25, 0.3) is 0 Å². The lowest BCUT2D eigenvalue weighted by molar-refractivity contribution is -0.121. The molecule has 0 aliphatic carbocycles. The van der Waals surface area contributed by atoms with Crippen molar-refractivity contribution in [2.45, 2.75) is 19.4 Å². The van der Waals surface area contributed by atoms with Gasteiger partial charge in [-0.3, -0.25) is 4.79 Å². The molecular formula is C18H19Cl2NO3. The monoisotopic (exact) mass is 367 g/mol. The number of benzene rings is 2. The number of amides is 1. The minimum absolute atomic E-state index is 0.108. The number of carbonyl (C=O) groups is 1. The lowest BCUT2D eigenvalue weighted by Gasteiger charge is -2.13. The molecule has 6 heteroatoms. The molecule has 0 heterocycles. The standard InChI is InChI=1S/C18H19Cl2NO3/c1-12-3-2-4-15(7-12)24-11-14(22)10-21-18(23)9-13-5-6-16(19)17(20)8-13/h2-8,14,22H,9-11H2,1H3,(H,21,23). The highest BCUT2D eigenvalue weighted by Crippen LogP contribution is 2.22. The second-order valence-corrected chi connectivity index (χ2v) is 6.33. The first-order valence-corrected chi connectivity index (χ1v) is 8.28. The molecule has 1 unspecified atom stereocenters. The van der Waals surface area contributed by atoms with Gasteiger partial charge in [-0.05, 0) is 42.3 Å². The maximum absolute atomic E-state index is 11.9. The van der Waals surface area contributed by atoms with E-state index in [1.54, 1.807) is 18.2 Å². The van der Waals surface area contributed by atoms with Crippen molar-refractivity contribution >= 4 is 29.1 Å². The number of aryl methyl sites for hydroxylation is 1. The third kappa shape index (κ3) is 6.04. The van der Waals surface area contributed by atoms with Crippen LogP contribution in [0.2, 0.25) is 10.0 Å². The SMILES string of the molecule is Cc1cccc(OCC(O)CNC(=O)Cc2ccc(Cl)c(Cl)c2)c1. The Morgan fingerprint density at radius 3 is 2.71 bits per heavy atom. The zero-order valence-corrected chi connectivity index (χ0v) is 14.8. The van der Waals surface area contributed by atoms with E-state index >= 15 is 0 Å². The molecule has 0 radical (unpaired) electrons. The first-order valence-electron chi connectivity index (χ1n) is 7.52. The van der Waals surface area contributed by atoms with Gasteiger partial charge in [0, 0.05) is 6.54 Å². The van der Waals surface area contributed by atoms with E-state index in [0.717, 1.165) is 11.1 Å². The molecule has 0 fully saturated rings. The maximum atomic E-state index is 11.9. The summed E-state index contributed by atoms with van der Waals surface area (Å²) < 4.78 is 5.49. The number of aliphatic hydroxyl groups is 1. The van der Waals surface area contributed by atoms with Crippen molar-refractivity contribution in [1.82, 2.24) is 5.32 Å². The van der Waals surface area contributed by atoms with Gasteiger partial charge in [-0.1, -0.05) is 41.4 Å². The summed E-state index contributed by atoms with van der Waals surface area (Å²) in [5.74, 6) is 0.485. The third-order valence-corrected chi connectivity index (χ3v) is 4.05. The maximum Gasteiger partial charge on any atom is 0.224 e. The normalized spacial score (nSPS) is 11.8. The van der Waals surface area contributed by atoms with Gasteiger partial charge in [0.2, 0.25) is 5.91 Å². The molecule has 4 nitrogen and oxygen atoms in total. The number of aliphatic hydroxyl groups excluding tert-OH is 1. The van der Waals surface area contributed by atoms with Crippen molar-refractivity contribution in [3.63, 3.8) is 0 Å². The van der Waals surface area contributed by atoms with E-state index in [1.807, 2.05) is 31.2 Å². The minimum Gasteiger partial charge on any atom is -0.491 e. The van der Waals surface area contributed by atoms with E-state index in [1.165, 1.54) is 0 Å². The molecule has 2 aromatic rings. The second-order valence-electron chi connectivity index (χ2n) is 5.51. The molecule has 24 heavy (non-hydrogen) atoms. The summed E-state index contributed by atoms with van der Waals surface area (Å²) in [5.41, 5.74) is 1.84. The molecule has 0 aliphatic rings. The summed E-state index contributed by atoms with van der Waals surface area (Å²) in [5, 5.41) is 13.4. The van der Waals surface area contributed by atoms with Gasteiger partial charge < -0.3 is 15.2 Å². The topological polar surface area (TPSA) is 58.6 Å². The highest BCUT2D eigenvalue weighted by atomic mass is 35.5. The summed E-state index contributed by atoms with van der Waals surface area (Å²) in [6.45, 7) is 2.19. The Bertz CT molecular complexity index is 706. The molecule has 0 aliphatic heterocycles. The van der Waals surface area contributed by atoms with Crippen LogP contribution < -0.4 is 10.1 Å². The average molecular weight is 368 g/mol. The Labute approximate surface area is 151 Å². The predicted octanol–water partition coefficient (Wildman–Crippen LogP) is 3.40. The second kappa shape index (κ2) is 8.92. The van der Waals surface area contributed by atoms with Gasteiger partial charge in [0.1, 0.15) is 18.5 Å². The van der Waals surface area contributed by atoms with Crippen molar-refractivity contribution in [3.05, 3.63) is 63.6 Å². The van der Waals surface area contributed by atoms with E-state index in [0.29, 0.717) is 15.8 Å². The zero-order chi connectivity index (χ0) is 17.5. The Kier molecular flexibility index (Phi) is 6.91. The van der Waals surface area contributed by atoms with E-state index in [9.17, 15) is 9.90 Å². The molecule has 1 atom stereocenters. The van der Waals surface area contributed by atoms with Crippen LogP contribution >= 0.6 is 23.2 Å². The van der Waals surface area contributed by atoms with Gasteiger partial charge in [-0.2, -0.15) is 0 Å². The number of nitrogens with one attached hydrogen (secondary N) is 1. The first-order chi connectivity index (χ1) is 11.4. The van der Waals surface area contributed by atoms with Crippen LogP contribution in [0, 0.1) is 6.92 Å². The summed E-state index contributed by atoms with van der Waals surface area (Å²) in [6, 6.07) is 12.6. The molecule has 1 amide bonds. The van der Waals surface area contributed by atoms with Gasteiger partial charge in [0.15, 0.2) is 0 Å². The molecule has 2 N–H and O–H groups in total. The number of halogens is 2. The Balaban J connectivity index is 1.73. The quantitative estimate of drug-likeness (QED) is 0.788. The van der Waals surface area contributed by atoms with Crippen molar-refractivity contribution in [3.8, 4) is 5.75 Å². The van der Waals surface area contributed by atoms with Crippen LogP contribution in [-0.2, 0) is 11.2 Å². The van der Waals surface area contributed by atoms with E-state index in [-0.39, 0.29) is 25.5 Å². The van der Waals surface area contributed by atoms with Gasteiger partial charge in [-0.25, -0.2) is 0 Å². The molecule has 2 rings (SSSR count). The predicted molar refractivity (Wildman–Crippen MR) is 95.9 cm³/mol. The third-order valence-electron chi connectivity index (χ3n) is 3.32. The summed E-state index contributed by atoms with van der Waals surface area (Å²) >= 11 is 11.8. The number of ether oxygens (including phenoxy) is 1. The largest absolute Gasteiger partial charge is 0.491 e. The molecular weight excluding hydrogens is 349 g/mol. The summed E-state index contributed by atoms with van der Waals surface area (Å²) in [4.78, 5) is 11.9. The van der Waals surface area contributed by atoms with Crippen LogP contribution in [0.1, 0.15) is 11.1 Å². The average Bonchev–Trinajstić information content (AvgIpc) is 2.54. The molecule has 0 aromatic heterocycles. The van der Waals surface area contributed by atoms with Crippen molar-refractivity contribution < 1.29 is 14.6 Å². The minimum atomic E-state index is -0.789. The summed E-state index contributed by atoms with van der Waals surface area (Å²) in [6.07, 6.45) is -0.620. The Morgan fingerprint density at radius 1 is 1.21 bits per heavy atom. The summed E-state index contributed by atoms with van der Waals surface area (Å²) in [7, 11) is 0. The fourth-order valence-corrected chi connectivity index (χ4v) is 2.41. The number of carbonyl (C=O) groups excluding carboxylic acids is 1. The van der Waals surface area contributed by atoms with E-state index in [4.69, 9.17) is 27.9 Å². The fourth-order valence-electron chi connectivity index (χ4n) is 2.09. The lowest BCUT2D eigenvalue weighted by Crippen LogP contribution is -2.36. The van der Waals surface area contributed by atoms with Crippen molar-refractivity contribution in [2.75, 3.05) is 13.2 Å².